The summed E-state index contributed by atoms with van der Waals surface area (Å²) in [6.07, 6.45) is 4.11. The molecule has 9 heteroatoms. The van der Waals surface area contributed by atoms with Gasteiger partial charge in [-0.15, -0.1) is 0 Å². The molecule has 0 atom stereocenters. The molecule has 1 saturated heterocycles. The fourth-order valence-corrected chi connectivity index (χ4v) is 3.95. The van der Waals surface area contributed by atoms with Crippen molar-refractivity contribution in [2.45, 2.75) is 13.5 Å². The van der Waals surface area contributed by atoms with Crippen LogP contribution in [0.5, 0.6) is 0 Å². The van der Waals surface area contributed by atoms with Gasteiger partial charge >= 0.3 is 0 Å². The Morgan fingerprint density at radius 1 is 0.964 bits per heavy atom. The Morgan fingerprint density at radius 2 is 1.68 bits per heavy atom. The molecule has 0 aliphatic carbocycles. The minimum Gasteiger partial charge on any atom is -0.363 e. The predicted octanol–water partition coefficient (Wildman–Crippen LogP) is 2.30. The highest BCUT2D eigenvalue weighted by molar-refractivity contribution is 8.13. The van der Waals surface area contributed by atoms with Crippen LogP contribution in [-0.4, -0.2) is 72.1 Å². The van der Waals surface area contributed by atoms with Gasteiger partial charge in [0, 0.05) is 32.7 Å². The number of thiocarbonyl (C=S) groups is 1. The van der Waals surface area contributed by atoms with E-state index < -0.39 is 0 Å². The van der Waals surface area contributed by atoms with Crippen molar-refractivity contribution in [1.29, 1.82) is 0 Å². The molecule has 0 amide bonds. The molecule has 3 aliphatic heterocycles. The van der Waals surface area contributed by atoms with E-state index in [1.807, 2.05) is 6.26 Å². The zero-order valence-electron chi connectivity index (χ0n) is 16.8. The normalized spacial score (nSPS) is 17.2. The molecule has 28 heavy (non-hydrogen) atoms. The number of aliphatic imine (C=N–C) groups is 2. The van der Waals surface area contributed by atoms with Crippen LogP contribution in [0, 0.1) is 6.92 Å². The highest BCUT2D eigenvalue weighted by atomic mass is 32.2. The molecule has 0 spiro atoms. The minimum atomic E-state index is 0.787. The minimum absolute atomic E-state index is 0.787. The van der Waals surface area contributed by atoms with Crippen LogP contribution in [0.1, 0.15) is 11.1 Å². The lowest BCUT2D eigenvalue weighted by atomic mass is 10.1. The SMILES string of the molecule is CSC1=NCCN1.CSC1=NCCN1Cc1ccc(C)cc1.S=C1NCCN1. The fourth-order valence-electron chi connectivity index (χ4n) is 2.64. The van der Waals surface area contributed by atoms with E-state index in [0.717, 1.165) is 56.1 Å². The van der Waals surface area contributed by atoms with Gasteiger partial charge in [0.25, 0.3) is 0 Å². The summed E-state index contributed by atoms with van der Waals surface area (Å²) in [4.78, 5) is 10.9. The quantitative estimate of drug-likeness (QED) is 0.613. The summed E-state index contributed by atoms with van der Waals surface area (Å²) >= 11 is 8.11. The Bertz CT molecular complexity index is 667. The van der Waals surface area contributed by atoms with Gasteiger partial charge in [-0.05, 0) is 37.2 Å². The Hall–Kier alpha value is -1.45. The number of nitrogens with one attached hydrogen (secondary N) is 3. The first-order chi connectivity index (χ1) is 13.6. The van der Waals surface area contributed by atoms with Gasteiger partial charge in [-0.3, -0.25) is 9.98 Å². The molecule has 3 N–H and O–H groups in total. The van der Waals surface area contributed by atoms with Gasteiger partial charge in [0.1, 0.15) is 0 Å². The van der Waals surface area contributed by atoms with E-state index in [2.05, 4.69) is 68.3 Å². The molecule has 1 aromatic rings. The van der Waals surface area contributed by atoms with Gasteiger partial charge in [0.15, 0.2) is 15.4 Å². The Morgan fingerprint density at radius 3 is 2.14 bits per heavy atom. The standard InChI is InChI=1S/C12H16N2S.C4H8N2S.C3H6N2S/c1-10-3-5-11(6-4-10)9-14-8-7-13-12(14)15-2;1-7-4-5-2-3-6-4;6-3-4-1-2-5-3/h3-6H,7-9H2,1-2H3;2-3H2,1H3,(H,5,6);1-2H2,(H2,4,5,6). The third kappa shape index (κ3) is 8.28. The zero-order chi connectivity index (χ0) is 20.2. The number of aryl methyl sites for hydroxylation is 1. The fraction of sp³-hybridized carbons (Fsp3) is 0.526. The second-order valence-electron chi connectivity index (χ2n) is 6.28. The molecule has 0 saturated carbocycles. The summed E-state index contributed by atoms with van der Waals surface area (Å²) in [6, 6.07) is 8.74. The van der Waals surface area contributed by atoms with E-state index in [4.69, 9.17) is 12.2 Å². The Balaban J connectivity index is 0.000000178. The van der Waals surface area contributed by atoms with Gasteiger partial charge in [0.05, 0.1) is 13.1 Å². The van der Waals surface area contributed by atoms with Crippen molar-refractivity contribution < 1.29 is 0 Å². The first-order valence-electron chi connectivity index (χ1n) is 9.35. The maximum absolute atomic E-state index is 4.70. The van der Waals surface area contributed by atoms with Crippen LogP contribution in [0.4, 0.5) is 0 Å². The van der Waals surface area contributed by atoms with Crippen molar-refractivity contribution in [3.05, 3.63) is 35.4 Å². The van der Waals surface area contributed by atoms with Crippen LogP contribution >= 0.6 is 35.7 Å². The summed E-state index contributed by atoms with van der Waals surface area (Å²) in [5.41, 5.74) is 2.68. The lowest BCUT2D eigenvalue weighted by molar-refractivity contribution is 0.459. The maximum atomic E-state index is 4.70. The largest absolute Gasteiger partial charge is 0.363 e. The van der Waals surface area contributed by atoms with Crippen LogP contribution in [-0.2, 0) is 6.54 Å². The average molecular weight is 439 g/mol. The van der Waals surface area contributed by atoms with Crippen LogP contribution in [0.2, 0.25) is 0 Å². The van der Waals surface area contributed by atoms with E-state index in [9.17, 15) is 0 Å². The van der Waals surface area contributed by atoms with Crippen LogP contribution < -0.4 is 16.0 Å². The van der Waals surface area contributed by atoms with Gasteiger partial charge in [-0.25, -0.2) is 0 Å². The smallest absolute Gasteiger partial charge is 0.166 e. The van der Waals surface area contributed by atoms with Gasteiger partial charge in [0.2, 0.25) is 0 Å². The van der Waals surface area contributed by atoms with Crippen LogP contribution in [0.15, 0.2) is 34.3 Å². The first kappa shape index (κ1) is 22.8. The van der Waals surface area contributed by atoms with E-state index in [1.54, 1.807) is 23.5 Å². The molecule has 1 aromatic carbocycles. The molecule has 6 nitrogen and oxygen atoms in total. The third-order valence-corrected chi connectivity index (χ3v) is 5.80. The highest BCUT2D eigenvalue weighted by Gasteiger charge is 2.15. The summed E-state index contributed by atoms with van der Waals surface area (Å²) in [6.45, 7) is 9.06. The number of benzene rings is 1. The number of thioether (sulfide) groups is 2. The van der Waals surface area contributed by atoms with Crippen molar-refractivity contribution in [2.75, 3.05) is 51.8 Å². The number of hydrogen-bond acceptors (Lipinski definition) is 7. The van der Waals surface area contributed by atoms with Gasteiger partial charge in [-0.2, -0.15) is 0 Å². The van der Waals surface area contributed by atoms with E-state index in [-0.39, 0.29) is 0 Å². The lowest BCUT2D eigenvalue weighted by Crippen LogP contribution is -2.24. The lowest BCUT2D eigenvalue weighted by Gasteiger charge is -2.18. The zero-order valence-corrected chi connectivity index (χ0v) is 19.3. The van der Waals surface area contributed by atoms with E-state index >= 15 is 0 Å². The molecule has 0 aromatic heterocycles. The average Bonchev–Trinajstić information content (AvgIpc) is 3.47. The Kier molecular flexibility index (Phi) is 10.5. The molecule has 1 fully saturated rings. The Labute approximate surface area is 182 Å². The van der Waals surface area contributed by atoms with E-state index in [0.29, 0.717) is 0 Å². The third-order valence-electron chi connectivity index (χ3n) is 4.10. The number of hydrogen-bond donors (Lipinski definition) is 3. The molecule has 4 rings (SSSR count). The van der Waals surface area contributed by atoms with Gasteiger partial charge < -0.3 is 20.9 Å². The van der Waals surface area contributed by atoms with Crippen molar-refractivity contribution in [2.24, 2.45) is 9.98 Å². The molecule has 3 heterocycles. The molecule has 154 valence electrons. The number of amidine groups is 2. The maximum Gasteiger partial charge on any atom is 0.166 e. The molecular formula is C19H30N6S3. The van der Waals surface area contributed by atoms with Crippen molar-refractivity contribution in [1.82, 2.24) is 20.9 Å². The summed E-state index contributed by atoms with van der Waals surface area (Å²) in [5.74, 6) is 0. The number of nitrogens with zero attached hydrogens (tertiary/aromatic N) is 3. The molecule has 0 radical (unpaired) electrons. The molecular weight excluding hydrogens is 408 g/mol. The van der Waals surface area contributed by atoms with Crippen LogP contribution in [0.3, 0.4) is 0 Å². The molecule has 0 unspecified atom stereocenters. The monoisotopic (exact) mass is 438 g/mol. The first-order valence-corrected chi connectivity index (χ1v) is 12.2. The predicted molar refractivity (Wildman–Crippen MR) is 130 cm³/mol. The highest BCUT2D eigenvalue weighted by Crippen LogP contribution is 2.15. The number of rotatable bonds is 2. The van der Waals surface area contributed by atoms with Crippen molar-refractivity contribution in [3.8, 4) is 0 Å². The van der Waals surface area contributed by atoms with Crippen LogP contribution in [0.25, 0.3) is 0 Å². The summed E-state index contributed by atoms with van der Waals surface area (Å²) in [7, 11) is 0. The second kappa shape index (κ2) is 12.9. The van der Waals surface area contributed by atoms with Crippen molar-refractivity contribution >= 4 is 51.2 Å². The molecule has 0 bridgehead atoms. The summed E-state index contributed by atoms with van der Waals surface area (Å²) in [5, 5.41) is 12.0. The summed E-state index contributed by atoms with van der Waals surface area (Å²) < 4.78 is 0. The second-order valence-corrected chi connectivity index (χ2v) is 8.25. The van der Waals surface area contributed by atoms with E-state index in [1.165, 1.54) is 16.3 Å². The van der Waals surface area contributed by atoms with Crippen molar-refractivity contribution in [3.63, 3.8) is 0 Å². The van der Waals surface area contributed by atoms with Gasteiger partial charge in [-0.1, -0.05) is 53.4 Å². The molecule has 3 aliphatic rings. The topological polar surface area (TPSA) is 64.0 Å².